The maximum absolute atomic E-state index is 11.3. The van der Waals surface area contributed by atoms with Gasteiger partial charge in [0.1, 0.15) is 17.3 Å². The molecule has 1 aromatic carbocycles. The standard InChI is InChI=1S/C14H14BrN3O3/c15-11-7-10(13(20)8-14(11)21)12-3-6-18(16-12)17-4-1-9(19)2-5-17/h3,6-8,20-21H,1-2,4-5H2. The number of rotatable bonds is 2. The van der Waals surface area contributed by atoms with Gasteiger partial charge in [-0.2, -0.15) is 9.89 Å². The van der Waals surface area contributed by atoms with Gasteiger partial charge in [-0.1, -0.05) is 0 Å². The fourth-order valence-electron chi connectivity index (χ4n) is 2.32. The molecule has 1 fully saturated rings. The molecule has 0 amide bonds. The lowest BCUT2D eigenvalue weighted by molar-refractivity contribution is -0.119. The zero-order valence-corrected chi connectivity index (χ0v) is 12.7. The van der Waals surface area contributed by atoms with E-state index in [9.17, 15) is 15.0 Å². The summed E-state index contributed by atoms with van der Waals surface area (Å²) < 4.78 is 0.494. The summed E-state index contributed by atoms with van der Waals surface area (Å²) in [7, 11) is 0. The van der Waals surface area contributed by atoms with Gasteiger partial charge in [0.25, 0.3) is 0 Å². The number of ketones is 1. The van der Waals surface area contributed by atoms with Crippen LogP contribution in [0.2, 0.25) is 0 Å². The van der Waals surface area contributed by atoms with Crippen LogP contribution in [0.5, 0.6) is 11.5 Å². The van der Waals surface area contributed by atoms with E-state index in [1.54, 1.807) is 23.1 Å². The topological polar surface area (TPSA) is 78.6 Å². The molecule has 0 spiro atoms. The van der Waals surface area contributed by atoms with E-state index in [1.165, 1.54) is 6.07 Å². The molecule has 110 valence electrons. The molecule has 0 atom stereocenters. The van der Waals surface area contributed by atoms with Gasteiger partial charge in [-0.15, -0.1) is 0 Å². The Kier molecular flexibility index (Phi) is 3.59. The van der Waals surface area contributed by atoms with Gasteiger partial charge in [0, 0.05) is 43.8 Å². The smallest absolute Gasteiger partial charge is 0.136 e. The molecule has 1 saturated heterocycles. The van der Waals surface area contributed by atoms with Gasteiger partial charge in [0.05, 0.1) is 10.2 Å². The third kappa shape index (κ3) is 2.73. The predicted octanol–water partition coefficient (Wildman–Crippen LogP) is 2.02. The molecule has 7 heteroatoms. The maximum atomic E-state index is 11.3. The quantitative estimate of drug-likeness (QED) is 0.865. The van der Waals surface area contributed by atoms with E-state index in [4.69, 9.17) is 0 Å². The van der Waals surface area contributed by atoms with Crippen molar-refractivity contribution in [2.75, 3.05) is 18.1 Å². The number of hydrogen-bond acceptors (Lipinski definition) is 5. The van der Waals surface area contributed by atoms with Gasteiger partial charge in [-0.05, 0) is 28.1 Å². The summed E-state index contributed by atoms with van der Waals surface area (Å²) in [6.45, 7) is 1.29. The number of hydrogen-bond donors (Lipinski definition) is 2. The highest BCUT2D eigenvalue weighted by Crippen LogP contribution is 2.36. The van der Waals surface area contributed by atoms with Crippen molar-refractivity contribution in [3.8, 4) is 22.8 Å². The molecule has 0 unspecified atom stereocenters. The van der Waals surface area contributed by atoms with Gasteiger partial charge >= 0.3 is 0 Å². The number of aromatic hydroxyl groups is 2. The number of halogens is 1. The van der Waals surface area contributed by atoms with Crippen molar-refractivity contribution in [3.05, 3.63) is 28.9 Å². The molecule has 1 aromatic heterocycles. The Labute approximate surface area is 129 Å². The van der Waals surface area contributed by atoms with Crippen LogP contribution in [0.15, 0.2) is 28.9 Å². The summed E-state index contributed by atoms with van der Waals surface area (Å²) in [4.78, 5) is 13.0. The second-order valence-corrected chi connectivity index (χ2v) is 5.79. The van der Waals surface area contributed by atoms with Crippen molar-refractivity contribution in [1.29, 1.82) is 0 Å². The Balaban J connectivity index is 1.88. The lowest BCUT2D eigenvalue weighted by atomic mass is 10.1. The SMILES string of the molecule is O=C1CCN(n2ccc(-c3cc(Br)c(O)cc3O)n2)CC1. The first-order valence-corrected chi connectivity index (χ1v) is 7.38. The van der Waals surface area contributed by atoms with Crippen LogP contribution in [0.3, 0.4) is 0 Å². The normalized spacial score (nSPS) is 15.5. The Hall–Kier alpha value is -2.02. The molecule has 1 aliphatic heterocycles. The summed E-state index contributed by atoms with van der Waals surface area (Å²) in [5, 5.41) is 25.9. The van der Waals surface area contributed by atoms with Crippen LogP contribution >= 0.6 is 15.9 Å². The number of carbonyl (C=O) groups is 1. The van der Waals surface area contributed by atoms with Gasteiger partial charge < -0.3 is 10.2 Å². The van der Waals surface area contributed by atoms with Crippen LogP contribution in [-0.2, 0) is 4.79 Å². The van der Waals surface area contributed by atoms with Crippen LogP contribution in [0.4, 0.5) is 0 Å². The maximum Gasteiger partial charge on any atom is 0.136 e. The zero-order chi connectivity index (χ0) is 15.0. The Morgan fingerprint density at radius 1 is 1.14 bits per heavy atom. The first-order valence-electron chi connectivity index (χ1n) is 6.59. The minimum atomic E-state index is -0.0326. The van der Waals surface area contributed by atoms with Crippen molar-refractivity contribution in [2.45, 2.75) is 12.8 Å². The molecule has 0 saturated carbocycles. The van der Waals surface area contributed by atoms with Crippen molar-refractivity contribution in [3.63, 3.8) is 0 Å². The lowest BCUT2D eigenvalue weighted by Gasteiger charge is -2.27. The van der Waals surface area contributed by atoms with Crippen LogP contribution < -0.4 is 5.01 Å². The molecule has 3 rings (SSSR count). The molecular formula is C14H14BrN3O3. The second-order valence-electron chi connectivity index (χ2n) is 4.93. The predicted molar refractivity (Wildman–Crippen MR) is 80.9 cm³/mol. The van der Waals surface area contributed by atoms with E-state index < -0.39 is 0 Å². The summed E-state index contributed by atoms with van der Waals surface area (Å²) >= 11 is 3.22. The van der Waals surface area contributed by atoms with Gasteiger partial charge in [0.15, 0.2) is 0 Å². The number of phenols is 2. The van der Waals surface area contributed by atoms with Crippen LogP contribution in [0, 0.1) is 0 Å². The van der Waals surface area contributed by atoms with Crippen LogP contribution in [0.1, 0.15) is 12.8 Å². The highest BCUT2D eigenvalue weighted by Gasteiger charge is 2.18. The number of piperidine rings is 1. The number of Topliss-reactive ketones (excluding diaryl/α,β-unsaturated/α-hetero) is 1. The van der Waals surface area contributed by atoms with Gasteiger partial charge in [-0.3, -0.25) is 9.80 Å². The van der Waals surface area contributed by atoms with Crippen LogP contribution in [0.25, 0.3) is 11.3 Å². The molecule has 1 aliphatic rings. The number of phenolic OH excluding ortho intramolecular Hbond substituents is 2. The van der Waals surface area contributed by atoms with Crippen molar-refractivity contribution in [2.24, 2.45) is 0 Å². The lowest BCUT2D eigenvalue weighted by Crippen LogP contribution is -2.42. The van der Waals surface area contributed by atoms with E-state index in [1.807, 2.05) is 5.01 Å². The Bertz CT molecular complexity index is 689. The molecule has 0 aliphatic carbocycles. The van der Waals surface area contributed by atoms with Gasteiger partial charge in [-0.25, -0.2) is 0 Å². The van der Waals surface area contributed by atoms with Crippen molar-refractivity contribution >= 4 is 21.7 Å². The second kappa shape index (κ2) is 5.40. The van der Waals surface area contributed by atoms with Crippen molar-refractivity contribution < 1.29 is 15.0 Å². The average Bonchev–Trinajstić information content (AvgIpc) is 2.93. The first kappa shape index (κ1) is 13.9. The number of nitrogens with zero attached hydrogens (tertiary/aromatic N) is 3. The number of aromatic nitrogens is 2. The van der Waals surface area contributed by atoms with Crippen molar-refractivity contribution in [1.82, 2.24) is 9.89 Å². The molecular weight excluding hydrogens is 338 g/mol. The van der Waals surface area contributed by atoms with Crippen LogP contribution in [-0.4, -0.2) is 39.0 Å². The molecule has 2 N–H and O–H groups in total. The minimum Gasteiger partial charge on any atom is -0.507 e. The molecule has 2 aromatic rings. The summed E-state index contributed by atoms with van der Waals surface area (Å²) in [6, 6.07) is 4.68. The highest BCUT2D eigenvalue weighted by atomic mass is 79.9. The average molecular weight is 352 g/mol. The summed E-state index contributed by atoms with van der Waals surface area (Å²) in [6.07, 6.45) is 2.86. The fourth-order valence-corrected chi connectivity index (χ4v) is 2.66. The molecule has 2 heterocycles. The molecule has 21 heavy (non-hydrogen) atoms. The summed E-state index contributed by atoms with van der Waals surface area (Å²) in [5.74, 6) is 0.221. The minimum absolute atomic E-state index is 0.0229. The van der Waals surface area contributed by atoms with Gasteiger partial charge in [0.2, 0.25) is 0 Å². The van der Waals surface area contributed by atoms with E-state index >= 15 is 0 Å². The number of benzene rings is 1. The Morgan fingerprint density at radius 2 is 1.86 bits per heavy atom. The van der Waals surface area contributed by atoms with E-state index in [-0.39, 0.29) is 17.3 Å². The third-order valence-corrected chi connectivity index (χ3v) is 4.14. The zero-order valence-electron chi connectivity index (χ0n) is 11.2. The highest BCUT2D eigenvalue weighted by molar-refractivity contribution is 9.10. The van der Waals surface area contributed by atoms with E-state index in [0.29, 0.717) is 41.7 Å². The third-order valence-electron chi connectivity index (χ3n) is 3.50. The number of carbonyl (C=O) groups excluding carboxylic acids is 1. The van der Waals surface area contributed by atoms with E-state index in [0.717, 1.165) is 0 Å². The largest absolute Gasteiger partial charge is 0.507 e. The molecule has 0 bridgehead atoms. The molecule has 0 radical (unpaired) electrons. The monoisotopic (exact) mass is 351 g/mol. The van der Waals surface area contributed by atoms with E-state index in [2.05, 4.69) is 21.0 Å². The Morgan fingerprint density at radius 3 is 2.57 bits per heavy atom. The summed E-state index contributed by atoms with van der Waals surface area (Å²) in [5.41, 5.74) is 1.14. The fraction of sp³-hybridized carbons (Fsp3) is 0.286. The first-order chi connectivity index (χ1) is 10.0. The molecule has 6 nitrogen and oxygen atoms in total.